The van der Waals surface area contributed by atoms with E-state index in [1.165, 1.54) is 25.3 Å². The molecule has 2 aromatic carbocycles. The van der Waals surface area contributed by atoms with Crippen LogP contribution in [0.5, 0.6) is 5.75 Å². The topological polar surface area (TPSA) is 114 Å². The maximum Gasteiger partial charge on any atom is 0.267 e. The Bertz CT molecular complexity index is 834. The molecule has 0 aliphatic rings. The lowest BCUT2D eigenvalue weighted by molar-refractivity contribution is -0.114. The van der Waals surface area contributed by atoms with Crippen molar-refractivity contribution in [3.8, 4) is 11.8 Å². The number of rotatable bonds is 5. The molecule has 2 aromatic rings. The minimum Gasteiger partial charge on any atom is -0.508 e. The molecule has 2 amide bonds. The van der Waals surface area contributed by atoms with Gasteiger partial charge in [-0.2, -0.15) is 5.26 Å². The summed E-state index contributed by atoms with van der Waals surface area (Å²) in [6.07, 6.45) is 1.29. The summed E-state index contributed by atoms with van der Waals surface area (Å²) < 4.78 is 0. The molecule has 0 saturated heterocycles. The average Bonchev–Trinajstić information content (AvgIpc) is 2.58. The van der Waals surface area contributed by atoms with Crippen molar-refractivity contribution in [2.45, 2.75) is 6.92 Å². The molecule has 2 rings (SSSR count). The zero-order valence-electron chi connectivity index (χ0n) is 13.4. The van der Waals surface area contributed by atoms with Gasteiger partial charge in [-0.05, 0) is 48.5 Å². The molecule has 7 heteroatoms. The van der Waals surface area contributed by atoms with Crippen molar-refractivity contribution in [3.05, 3.63) is 60.3 Å². The molecule has 25 heavy (non-hydrogen) atoms. The Morgan fingerprint density at radius 1 is 0.960 bits per heavy atom. The minimum atomic E-state index is -0.568. The van der Waals surface area contributed by atoms with Crippen LogP contribution in [0.25, 0.3) is 0 Å². The van der Waals surface area contributed by atoms with Crippen LogP contribution < -0.4 is 16.0 Å². The van der Waals surface area contributed by atoms with Crippen molar-refractivity contribution in [2.24, 2.45) is 0 Å². The van der Waals surface area contributed by atoms with Gasteiger partial charge >= 0.3 is 0 Å². The van der Waals surface area contributed by atoms with Crippen LogP contribution in [0.15, 0.2) is 60.3 Å². The van der Waals surface area contributed by atoms with E-state index in [0.29, 0.717) is 17.1 Å². The molecule has 0 unspecified atom stereocenters. The van der Waals surface area contributed by atoms with Crippen molar-refractivity contribution in [3.63, 3.8) is 0 Å². The highest BCUT2D eigenvalue weighted by Crippen LogP contribution is 2.16. The maximum atomic E-state index is 12.1. The van der Waals surface area contributed by atoms with Gasteiger partial charge in [0.15, 0.2) is 0 Å². The normalized spacial score (nSPS) is 10.5. The third-order valence-electron chi connectivity index (χ3n) is 3.08. The molecular weight excluding hydrogens is 320 g/mol. The van der Waals surface area contributed by atoms with E-state index >= 15 is 0 Å². The number of nitrogens with one attached hydrogen (secondary N) is 3. The summed E-state index contributed by atoms with van der Waals surface area (Å²) in [6.45, 7) is 1.40. The van der Waals surface area contributed by atoms with E-state index in [4.69, 9.17) is 5.26 Å². The van der Waals surface area contributed by atoms with Gasteiger partial charge in [-0.25, -0.2) is 0 Å². The summed E-state index contributed by atoms with van der Waals surface area (Å²) >= 11 is 0. The zero-order chi connectivity index (χ0) is 18.2. The van der Waals surface area contributed by atoms with Gasteiger partial charge in [0.1, 0.15) is 17.4 Å². The number of benzene rings is 2. The fourth-order valence-corrected chi connectivity index (χ4v) is 1.90. The minimum absolute atomic E-state index is 0.112. The Labute approximate surface area is 144 Å². The second-order valence-corrected chi connectivity index (χ2v) is 5.07. The predicted octanol–water partition coefficient (Wildman–Crippen LogP) is 2.81. The first-order chi connectivity index (χ1) is 12.0. The quantitative estimate of drug-likeness (QED) is 0.381. The van der Waals surface area contributed by atoms with Gasteiger partial charge in [0.25, 0.3) is 5.91 Å². The molecule has 0 aromatic heterocycles. The summed E-state index contributed by atoms with van der Waals surface area (Å²) in [7, 11) is 0. The smallest absolute Gasteiger partial charge is 0.267 e. The van der Waals surface area contributed by atoms with Crippen molar-refractivity contribution in [1.29, 1.82) is 5.26 Å². The molecule has 0 radical (unpaired) electrons. The van der Waals surface area contributed by atoms with E-state index in [9.17, 15) is 14.7 Å². The fraction of sp³-hybridized carbons (Fsp3) is 0.0556. The molecule has 0 atom stereocenters. The number of hydrogen-bond donors (Lipinski definition) is 4. The maximum absolute atomic E-state index is 12.1. The number of hydrogen-bond acceptors (Lipinski definition) is 5. The lowest BCUT2D eigenvalue weighted by Crippen LogP contribution is -2.14. The van der Waals surface area contributed by atoms with Crippen LogP contribution in [0.3, 0.4) is 0 Å². The van der Waals surface area contributed by atoms with Gasteiger partial charge in [0.2, 0.25) is 5.91 Å². The summed E-state index contributed by atoms with van der Waals surface area (Å²) in [6, 6.07) is 14.5. The van der Waals surface area contributed by atoms with Gasteiger partial charge < -0.3 is 21.1 Å². The van der Waals surface area contributed by atoms with Crippen molar-refractivity contribution < 1.29 is 14.7 Å². The Hall–Kier alpha value is -3.79. The second kappa shape index (κ2) is 8.17. The highest BCUT2D eigenvalue weighted by molar-refractivity contribution is 6.06. The van der Waals surface area contributed by atoms with Crippen LogP contribution in [-0.4, -0.2) is 16.9 Å². The highest BCUT2D eigenvalue weighted by atomic mass is 16.3. The largest absolute Gasteiger partial charge is 0.508 e. The van der Waals surface area contributed by atoms with E-state index < -0.39 is 5.91 Å². The molecule has 4 N–H and O–H groups in total. The number of carbonyl (C=O) groups is 2. The molecule has 126 valence electrons. The Morgan fingerprint density at radius 3 is 2.00 bits per heavy atom. The van der Waals surface area contributed by atoms with Gasteiger partial charge in [-0.1, -0.05) is 0 Å². The summed E-state index contributed by atoms with van der Waals surface area (Å²) in [5.41, 5.74) is 1.61. The molecule has 7 nitrogen and oxygen atoms in total. The summed E-state index contributed by atoms with van der Waals surface area (Å²) in [5, 5.41) is 26.4. The molecular formula is C18H16N4O3. The lowest BCUT2D eigenvalue weighted by Gasteiger charge is -2.07. The standard InChI is InChI=1S/C18H16N4O3/c1-12(23)21-15-2-4-16(5-3-15)22-18(25)13(10-19)11-20-14-6-8-17(24)9-7-14/h2-9,11,20,24H,1H3,(H,21,23)(H,22,25)/b13-11-. The number of nitriles is 1. The first-order valence-corrected chi connectivity index (χ1v) is 7.33. The van der Waals surface area contributed by atoms with Gasteiger partial charge in [0.05, 0.1) is 0 Å². The average molecular weight is 336 g/mol. The van der Waals surface area contributed by atoms with Crippen LogP contribution in [-0.2, 0) is 9.59 Å². The van der Waals surface area contributed by atoms with E-state index in [1.54, 1.807) is 36.4 Å². The number of carbonyl (C=O) groups excluding carboxylic acids is 2. The van der Waals surface area contributed by atoms with Crippen LogP contribution in [0, 0.1) is 11.3 Å². The van der Waals surface area contributed by atoms with Crippen LogP contribution in [0.1, 0.15) is 6.92 Å². The van der Waals surface area contributed by atoms with Gasteiger partial charge in [-0.15, -0.1) is 0 Å². The first kappa shape index (κ1) is 17.6. The highest BCUT2D eigenvalue weighted by Gasteiger charge is 2.09. The van der Waals surface area contributed by atoms with Gasteiger partial charge in [0, 0.05) is 30.2 Å². The number of phenols is 1. The molecule has 0 aliphatic carbocycles. The predicted molar refractivity (Wildman–Crippen MR) is 94.8 cm³/mol. The Kier molecular flexibility index (Phi) is 5.74. The van der Waals surface area contributed by atoms with Crippen LogP contribution >= 0.6 is 0 Å². The number of amides is 2. The van der Waals surface area contributed by atoms with Gasteiger partial charge in [-0.3, -0.25) is 9.59 Å². The zero-order valence-corrected chi connectivity index (χ0v) is 13.4. The first-order valence-electron chi connectivity index (χ1n) is 7.33. The fourth-order valence-electron chi connectivity index (χ4n) is 1.90. The lowest BCUT2D eigenvalue weighted by atomic mass is 10.2. The molecule has 0 aliphatic heterocycles. The number of phenolic OH excluding ortho intramolecular Hbond substituents is 1. The molecule has 0 saturated carbocycles. The second-order valence-electron chi connectivity index (χ2n) is 5.07. The van der Waals surface area contributed by atoms with E-state index in [2.05, 4.69) is 16.0 Å². The van der Waals surface area contributed by atoms with E-state index in [0.717, 1.165) is 0 Å². The van der Waals surface area contributed by atoms with Crippen molar-refractivity contribution in [2.75, 3.05) is 16.0 Å². The van der Waals surface area contributed by atoms with Crippen LogP contribution in [0.4, 0.5) is 17.1 Å². The Balaban J connectivity index is 2.01. The third-order valence-corrected chi connectivity index (χ3v) is 3.08. The van der Waals surface area contributed by atoms with E-state index in [-0.39, 0.29) is 17.2 Å². The third kappa shape index (κ3) is 5.41. The summed E-state index contributed by atoms with van der Waals surface area (Å²) in [5.74, 6) is -0.636. The Morgan fingerprint density at radius 2 is 1.48 bits per heavy atom. The molecule has 0 fully saturated rings. The molecule has 0 spiro atoms. The summed E-state index contributed by atoms with van der Waals surface area (Å²) in [4.78, 5) is 23.1. The van der Waals surface area contributed by atoms with E-state index in [1.807, 2.05) is 6.07 Å². The van der Waals surface area contributed by atoms with Crippen LogP contribution in [0.2, 0.25) is 0 Å². The van der Waals surface area contributed by atoms with Crippen molar-refractivity contribution >= 4 is 28.9 Å². The molecule has 0 bridgehead atoms. The number of anilines is 3. The SMILES string of the molecule is CC(=O)Nc1ccc(NC(=O)/C(C#N)=C\Nc2ccc(O)cc2)cc1. The number of nitrogens with zero attached hydrogens (tertiary/aromatic N) is 1. The van der Waals surface area contributed by atoms with Crippen molar-refractivity contribution in [1.82, 2.24) is 0 Å². The monoisotopic (exact) mass is 336 g/mol. The number of aromatic hydroxyl groups is 1. The molecule has 0 heterocycles.